The van der Waals surface area contributed by atoms with Crippen LogP contribution in [0.2, 0.25) is 0 Å². The van der Waals surface area contributed by atoms with Crippen LogP contribution in [0.5, 0.6) is 0 Å². The second-order valence-electron chi connectivity index (χ2n) is 2.90. The molecule has 1 N–H and O–H groups in total. The van der Waals surface area contributed by atoms with Crippen LogP contribution < -0.4 is 0 Å². The monoisotopic (exact) mass is 236 g/mol. The van der Waals surface area contributed by atoms with Crippen molar-refractivity contribution in [3.8, 4) is 11.4 Å². The van der Waals surface area contributed by atoms with E-state index in [1.165, 1.54) is 5.56 Å². The van der Waals surface area contributed by atoms with Gasteiger partial charge in [0.05, 0.1) is 0 Å². The summed E-state index contributed by atoms with van der Waals surface area (Å²) in [4.78, 5) is 7.26. The molecule has 0 unspecified atom stereocenters. The lowest BCUT2D eigenvalue weighted by atomic mass is 10.1. The molecule has 0 aliphatic heterocycles. The Morgan fingerprint density at radius 3 is 2.85 bits per heavy atom. The maximum atomic E-state index is 4.19. The van der Waals surface area contributed by atoms with E-state index in [0.717, 1.165) is 15.9 Å². The maximum Gasteiger partial charge on any atom is 0.137 e. The van der Waals surface area contributed by atoms with Crippen molar-refractivity contribution in [3.63, 3.8) is 0 Å². The van der Waals surface area contributed by atoms with E-state index in [1.807, 2.05) is 18.3 Å². The normalized spacial score (nSPS) is 10.3. The number of hydrogen-bond acceptors (Lipinski definition) is 1. The fourth-order valence-electron chi connectivity index (χ4n) is 1.22. The topological polar surface area (TPSA) is 28.7 Å². The first-order valence-electron chi connectivity index (χ1n) is 4.03. The van der Waals surface area contributed by atoms with Gasteiger partial charge in [-0.25, -0.2) is 4.98 Å². The molecule has 0 amide bonds. The molecule has 0 fully saturated rings. The van der Waals surface area contributed by atoms with Gasteiger partial charge in [0.15, 0.2) is 0 Å². The molecule has 0 bridgehead atoms. The molecule has 2 aromatic rings. The van der Waals surface area contributed by atoms with Crippen LogP contribution in [0.1, 0.15) is 5.56 Å². The SMILES string of the molecule is Cc1cc(-c2ncc[nH]2)ccc1Br. The van der Waals surface area contributed by atoms with Crippen LogP contribution in [-0.4, -0.2) is 9.97 Å². The summed E-state index contributed by atoms with van der Waals surface area (Å²) in [5.41, 5.74) is 2.33. The Morgan fingerprint density at radius 1 is 1.38 bits per heavy atom. The highest BCUT2D eigenvalue weighted by molar-refractivity contribution is 9.10. The Balaban J connectivity index is 2.49. The van der Waals surface area contributed by atoms with E-state index in [2.05, 4.69) is 38.9 Å². The van der Waals surface area contributed by atoms with Gasteiger partial charge in [0.25, 0.3) is 0 Å². The van der Waals surface area contributed by atoms with Gasteiger partial charge < -0.3 is 4.98 Å². The lowest BCUT2D eigenvalue weighted by molar-refractivity contribution is 1.29. The van der Waals surface area contributed by atoms with E-state index in [4.69, 9.17) is 0 Å². The van der Waals surface area contributed by atoms with Crippen LogP contribution >= 0.6 is 15.9 Å². The van der Waals surface area contributed by atoms with Crippen LogP contribution in [0.4, 0.5) is 0 Å². The molecule has 3 heteroatoms. The Labute approximate surface area is 85.1 Å². The number of benzene rings is 1. The summed E-state index contributed by atoms with van der Waals surface area (Å²) in [6.07, 6.45) is 3.58. The van der Waals surface area contributed by atoms with Gasteiger partial charge in [-0.3, -0.25) is 0 Å². The molecular weight excluding hydrogens is 228 g/mol. The summed E-state index contributed by atoms with van der Waals surface area (Å²) in [6.45, 7) is 2.07. The Bertz CT molecular complexity index is 407. The summed E-state index contributed by atoms with van der Waals surface area (Å²) in [5, 5.41) is 0. The summed E-state index contributed by atoms with van der Waals surface area (Å²) in [7, 11) is 0. The van der Waals surface area contributed by atoms with Gasteiger partial charge in [-0.1, -0.05) is 22.0 Å². The Hall–Kier alpha value is -1.09. The molecule has 0 atom stereocenters. The maximum absolute atomic E-state index is 4.19. The van der Waals surface area contributed by atoms with E-state index in [9.17, 15) is 0 Å². The molecule has 0 saturated carbocycles. The van der Waals surface area contributed by atoms with Gasteiger partial charge in [0.1, 0.15) is 5.82 Å². The van der Waals surface area contributed by atoms with Crippen LogP contribution in [0.25, 0.3) is 11.4 Å². The summed E-state index contributed by atoms with van der Waals surface area (Å²) in [5.74, 6) is 0.913. The van der Waals surface area contributed by atoms with Gasteiger partial charge in [-0.15, -0.1) is 0 Å². The number of aromatic nitrogens is 2. The molecule has 2 rings (SSSR count). The van der Waals surface area contributed by atoms with Gasteiger partial charge >= 0.3 is 0 Å². The third kappa shape index (κ3) is 1.65. The zero-order chi connectivity index (χ0) is 9.26. The highest BCUT2D eigenvalue weighted by Gasteiger charge is 2.01. The number of rotatable bonds is 1. The second-order valence-corrected chi connectivity index (χ2v) is 3.76. The number of halogens is 1. The predicted octanol–water partition coefficient (Wildman–Crippen LogP) is 3.15. The number of nitrogens with zero attached hydrogens (tertiary/aromatic N) is 1. The first-order valence-corrected chi connectivity index (χ1v) is 4.82. The molecule has 0 saturated heterocycles. The lowest BCUT2D eigenvalue weighted by Gasteiger charge is -2.00. The standard InChI is InChI=1S/C10H9BrN2/c1-7-6-8(2-3-9(7)11)10-12-4-5-13-10/h2-6H,1H3,(H,12,13). The molecule has 66 valence electrons. The first-order chi connectivity index (χ1) is 6.27. The van der Waals surface area contributed by atoms with Crippen molar-refractivity contribution in [1.82, 2.24) is 9.97 Å². The first kappa shape index (κ1) is 8.51. The summed E-state index contributed by atoms with van der Waals surface area (Å²) in [6, 6.07) is 6.17. The van der Waals surface area contributed by atoms with E-state index in [0.29, 0.717) is 0 Å². The predicted molar refractivity (Wildman–Crippen MR) is 56.5 cm³/mol. The molecule has 2 nitrogen and oxygen atoms in total. The van der Waals surface area contributed by atoms with Gasteiger partial charge in [0.2, 0.25) is 0 Å². The third-order valence-corrected chi connectivity index (χ3v) is 2.82. The fourth-order valence-corrected chi connectivity index (χ4v) is 1.46. The highest BCUT2D eigenvalue weighted by Crippen LogP contribution is 2.22. The second kappa shape index (κ2) is 3.34. The largest absolute Gasteiger partial charge is 0.345 e. The van der Waals surface area contributed by atoms with Crippen molar-refractivity contribution in [2.75, 3.05) is 0 Å². The van der Waals surface area contributed by atoms with Crippen molar-refractivity contribution in [3.05, 3.63) is 40.6 Å². The zero-order valence-corrected chi connectivity index (χ0v) is 8.80. The average Bonchev–Trinajstić information content (AvgIpc) is 2.62. The number of nitrogens with one attached hydrogen (secondary N) is 1. The molecule has 1 aromatic carbocycles. The van der Waals surface area contributed by atoms with Crippen molar-refractivity contribution in [2.45, 2.75) is 6.92 Å². The quantitative estimate of drug-likeness (QED) is 0.810. The molecule has 1 aromatic heterocycles. The number of H-pyrrole nitrogens is 1. The van der Waals surface area contributed by atoms with Crippen LogP contribution in [0, 0.1) is 6.92 Å². The van der Waals surface area contributed by atoms with Gasteiger partial charge in [-0.05, 0) is 24.6 Å². The van der Waals surface area contributed by atoms with E-state index in [1.54, 1.807) is 6.20 Å². The zero-order valence-electron chi connectivity index (χ0n) is 7.21. The van der Waals surface area contributed by atoms with Crippen molar-refractivity contribution in [2.24, 2.45) is 0 Å². The third-order valence-electron chi connectivity index (χ3n) is 1.93. The van der Waals surface area contributed by atoms with Crippen molar-refractivity contribution < 1.29 is 0 Å². The molecular formula is C10H9BrN2. The van der Waals surface area contributed by atoms with Crippen molar-refractivity contribution in [1.29, 1.82) is 0 Å². The lowest BCUT2D eigenvalue weighted by Crippen LogP contribution is -1.82. The number of aryl methyl sites for hydroxylation is 1. The molecule has 0 radical (unpaired) electrons. The molecule has 0 spiro atoms. The van der Waals surface area contributed by atoms with Crippen molar-refractivity contribution >= 4 is 15.9 Å². The highest BCUT2D eigenvalue weighted by atomic mass is 79.9. The average molecular weight is 237 g/mol. The molecule has 13 heavy (non-hydrogen) atoms. The fraction of sp³-hybridized carbons (Fsp3) is 0.100. The molecule has 0 aliphatic carbocycles. The minimum Gasteiger partial charge on any atom is -0.345 e. The minimum absolute atomic E-state index is 0.913. The Kier molecular flexibility index (Phi) is 2.19. The van der Waals surface area contributed by atoms with E-state index >= 15 is 0 Å². The number of hydrogen-bond donors (Lipinski definition) is 1. The van der Waals surface area contributed by atoms with Crippen LogP contribution in [0.3, 0.4) is 0 Å². The van der Waals surface area contributed by atoms with E-state index < -0.39 is 0 Å². The van der Waals surface area contributed by atoms with Crippen LogP contribution in [0.15, 0.2) is 35.1 Å². The van der Waals surface area contributed by atoms with Gasteiger partial charge in [-0.2, -0.15) is 0 Å². The Morgan fingerprint density at radius 2 is 2.23 bits per heavy atom. The number of imidazole rings is 1. The summed E-state index contributed by atoms with van der Waals surface area (Å²) >= 11 is 3.46. The van der Waals surface area contributed by atoms with Gasteiger partial charge in [0, 0.05) is 22.4 Å². The minimum atomic E-state index is 0.913. The summed E-state index contributed by atoms with van der Waals surface area (Å²) < 4.78 is 1.13. The molecule has 1 heterocycles. The molecule has 0 aliphatic rings. The van der Waals surface area contributed by atoms with Crippen LogP contribution in [-0.2, 0) is 0 Å². The van der Waals surface area contributed by atoms with E-state index in [-0.39, 0.29) is 0 Å². The number of aromatic amines is 1. The smallest absolute Gasteiger partial charge is 0.137 e.